The summed E-state index contributed by atoms with van der Waals surface area (Å²) in [6.07, 6.45) is 1.02. The molecule has 0 fully saturated rings. The highest BCUT2D eigenvalue weighted by atomic mass is 32.1. The SMILES string of the molecule is CCc1nc(CN(C)CCOc2ccc(C)cc2)cs1. The van der Waals surface area contributed by atoms with Gasteiger partial charge in [0.25, 0.3) is 0 Å². The monoisotopic (exact) mass is 290 g/mol. The second kappa shape index (κ2) is 7.41. The van der Waals surface area contributed by atoms with Crippen LogP contribution in [0.4, 0.5) is 0 Å². The van der Waals surface area contributed by atoms with Crippen LogP contribution in [0.25, 0.3) is 0 Å². The molecular formula is C16H22N2OS. The summed E-state index contributed by atoms with van der Waals surface area (Å²) in [7, 11) is 2.10. The number of hydrogen-bond acceptors (Lipinski definition) is 4. The average Bonchev–Trinajstić information content (AvgIpc) is 2.88. The van der Waals surface area contributed by atoms with Gasteiger partial charge in [0.15, 0.2) is 0 Å². The molecule has 2 rings (SSSR count). The minimum Gasteiger partial charge on any atom is -0.492 e. The predicted octanol–water partition coefficient (Wildman–Crippen LogP) is 3.52. The Morgan fingerprint density at radius 2 is 2.00 bits per heavy atom. The molecule has 2 aromatic rings. The fraction of sp³-hybridized carbons (Fsp3) is 0.438. The van der Waals surface area contributed by atoms with Gasteiger partial charge in [-0.1, -0.05) is 24.6 Å². The van der Waals surface area contributed by atoms with Gasteiger partial charge >= 0.3 is 0 Å². The van der Waals surface area contributed by atoms with Crippen molar-refractivity contribution in [3.8, 4) is 5.75 Å². The minimum atomic E-state index is 0.699. The summed E-state index contributed by atoms with van der Waals surface area (Å²) in [5.74, 6) is 0.936. The molecule has 0 amide bonds. The molecule has 1 aromatic heterocycles. The second-order valence-electron chi connectivity index (χ2n) is 4.99. The number of benzene rings is 1. The van der Waals surface area contributed by atoms with E-state index in [1.807, 2.05) is 12.1 Å². The molecule has 108 valence electrons. The van der Waals surface area contributed by atoms with Crippen molar-refractivity contribution in [2.75, 3.05) is 20.2 Å². The van der Waals surface area contributed by atoms with Gasteiger partial charge in [-0.15, -0.1) is 11.3 Å². The lowest BCUT2D eigenvalue weighted by Crippen LogP contribution is -2.24. The maximum atomic E-state index is 5.74. The third kappa shape index (κ3) is 4.62. The Kier molecular flexibility index (Phi) is 5.56. The lowest BCUT2D eigenvalue weighted by Gasteiger charge is -2.15. The quantitative estimate of drug-likeness (QED) is 0.780. The van der Waals surface area contributed by atoms with E-state index in [0.29, 0.717) is 6.61 Å². The van der Waals surface area contributed by atoms with Gasteiger partial charge in [-0.05, 0) is 32.5 Å². The molecule has 0 atom stereocenters. The lowest BCUT2D eigenvalue weighted by atomic mass is 10.2. The number of thiazole rings is 1. The van der Waals surface area contributed by atoms with E-state index >= 15 is 0 Å². The van der Waals surface area contributed by atoms with Crippen LogP contribution in [0.15, 0.2) is 29.6 Å². The number of likely N-dealkylation sites (N-methyl/N-ethyl adjacent to an activating group) is 1. The molecule has 0 bridgehead atoms. The molecule has 1 heterocycles. The third-order valence-electron chi connectivity index (χ3n) is 3.10. The Bertz CT molecular complexity index is 522. The van der Waals surface area contributed by atoms with Crippen molar-refractivity contribution in [1.29, 1.82) is 0 Å². The van der Waals surface area contributed by atoms with Gasteiger partial charge in [0.2, 0.25) is 0 Å². The second-order valence-corrected chi connectivity index (χ2v) is 5.93. The van der Waals surface area contributed by atoms with E-state index in [0.717, 1.165) is 31.0 Å². The highest BCUT2D eigenvalue weighted by Crippen LogP contribution is 2.13. The summed E-state index contributed by atoms with van der Waals surface area (Å²) in [5.41, 5.74) is 2.41. The van der Waals surface area contributed by atoms with Crippen molar-refractivity contribution >= 4 is 11.3 Å². The molecule has 3 nitrogen and oxygen atoms in total. The first kappa shape index (κ1) is 15.0. The molecule has 0 aliphatic heterocycles. The van der Waals surface area contributed by atoms with E-state index < -0.39 is 0 Å². The zero-order valence-corrected chi connectivity index (χ0v) is 13.2. The molecule has 0 unspecified atom stereocenters. The van der Waals surface area contributed by atoms with Crippen LogP contribution < -0.4 is 4.74 Å². The molecule has 0 spiro atoms. The van der Waals surface area contributed by atoms with E-state index in [9.17, 15) is 0 Å². The first-order valence-corrected chi connectivity index (χ1v) is 7.86. The Morgan fingerprint density at radius 3 is 2.65 bits per heavy atom. The fourth-order valence-electron chi connectivity index (χ4n) is 1.89. The summed E-state index contributed by atoms with van der Waals surface area (Å²) in [6.45, 7) is 6.70. The number of aromatic nitrogens is 1. The average molecular weight is 290 g/mol. The standard InChI is InChI=1S/C16H22N2OS/c1-4-16-17-14(12-20-16)11-18(3)9-10-19-15-7-5-13(2)6-8-15/h5-8,12H,4,9-11H2,1-3H3. The summed E-state index contributed by atoms with van der Waals surface area (Å²) < 4.78 is 5.74. The van der Waals surface area contributed by atoms with Gasteiger partial charge < -0.3 is 4.74 Å². The number of nitrogens with zero attached hydrogens (tertiary/aromatic N) is 2. The van der Waals surface area contributed by atoms with E-state index in [-0.39, 0.29) is 0 Å². The Morgan fingerprint density at radius 1 is 1.25 bits per heavy atom. The highest BCUT2D eigenvalue weighted by Gasteiger charge is 2.04. The Balaban J connectivity index is 1.72. The largest absolute Gasteiger partial charge is 0.492 e. The van der Waals surface area contributed by atoms with Crippen molar-refractivity contribution in [1.82, 2.24) is 9.88 Å². The molecule has 0 saturated carbocycles. The molecular weight excluding hydrogens is 268 g/mol. The molecule has 20 heavy (non-hydrogen) atoms. The molecule has 1 aromatic carbocycles. The molecule has 0 N–H and O–H groups in total. The third-order valence-corrected chi connectivity index (χ3v) is 4.14. The zero-order chi connectivity index (χ0) is 14.4. The van der Waals surface area contributed by atoms with Crippen molar-refractivity contribution in [3.05, 3.63) is 45.9 Å². The maximum Gasteiger partial charge on any atom is 0.119 e. The van der Waals surface area contributed by atoms with Crippen LogP contribution in [0.3, 0.4) is 0 Å². The van der Waals surface area contributed by atoms with Gasteiger partial charge in [0, 0.05) is 18.5 Å². The van der Waals surface area contributed by atoms with Crippen LogP contribution in [0.1, 0.15) is 23.2 Å². The van der Waals surface area contributed by atoms with Gasteiger partial charge in [-0.2, -0.15) is 0 Å². The highest BCUT2D eigenvalue weighted by molar-refractivity contribution is 7.09. The van der Waals surface area contributed by atoms with Crippen LogP contribution in [-0.4, -0.2) is 30.1 Å². The Hall–Kier alpha value is -1.39. The van der Waals surface area contributed by atoms with Crippen LogP contribution in [0.5, 0.6) is 5.75 Å². The molecule has 0 radical (unpaired) electrons. The van der Waals surface area contributed by atoms with Crippen LogP contribution in [0, 0.1) is 6.92 Å². The number of aryl methyl sites for hydroxylation is 2. The van der Waals surface area contributed by atoms with E-state index in [2.05, 4.69) is 48.3 Å². The number of rotatable bonds is 7. The molecule has 4 heteroatoms. The normalized spacial score (nSPS) is 11.0. The Labute approximate surface area is 125 Å². The maximum absolute atomic E-state index is 5.74. The van der Waals surface area contributed by atoms with Crippen molar-refractivity contribution in [2.24, 2.45) is 0 Å². The molecule has 0 aliphatic carbocycles. The molecule has 0 aliphatic rings. The fourth-order valence-corrected chi connectivity index (χ4v) is 2.63. The minimum absolute atomic E-state index is 0.699. The van der Waals surface area contributed by atoms with Gasteiger partial charge in [0.05, 0.1) is 10.7 Å². The summed E-state index contributed by atoms with van der Waals surface area (Å²) in [5, 5.41) is 3.36. The first-order valence-electron chi connectivity index (χ1n) is 6.98. The van der Waals surface area contributed by atoms with Crippen LogP contribution >= 0.6 is 11.3 Å². The van der Waals surface area contributed by atoms with Crippen LogP contribution in [0.2, 0.25) is 0 Å². The van der Waals surface area contributed by atoms with Crippen LogP contribution in [-0.2, 0) is 13.0 Å². The summed E-state index contributed by atoms with van der Waals surface area (Å²) in [6, 6.07) is 8.17. The van der Waals surface area contributed by atoms with E-state index in [1.54, 1.807) is 11.3 Å². The number of hydrogen-bond donors (Lipinski definition) is 0. The zero-order valence-electron chi connectivity index (χ0n) is 12.4. The summed E-state index contributed by atoms with van der Waals surface area (Å²) >= 11 is 1.74. The van der Waals surface area contributed by atoms with Gasteiger partial charge in [-0.25, -0.2) is 4.98 Å². The smallest absolute Gasteiger partial charge is 0.119 e. The first-order chi connectivity index (χ1) is 9.67. The van der Waals surface area contributed by atoms with E-state index in [4.69, 9.17) is 4.74 Å². The van der Waals surface area contributed by atoms with Crippen molar-refractivity contribution in [3.63, 3.8) is 0 Å². The summed E-state index contributed by atoms with van der Waals surface area (Å²) in [4.78, 5) is 6.82. The molecule has 0 saturated heterocycles. The van der Waals surface area contributed by atoms with E-state index in [1.165, 1.54) is 10.6 Å². The number of ether oxygens (including phenoxy) is 1. The van der Waals surface area contributed by atoms with Gasteiger partial charge in [0.1, 0.15) is 12.4 Å². The lowest BCUT2D eigenvalue weighted by molar-refractivity contribution is 0.231. The van der Waals surface area contributed by atoms with Crippen molar-refractivity contribution < 1.29 is 4.74 Å². The predicted molar refractivity (Wildman–Crippen MR) is 84.5 cm³/mol. The van der Waals surface area contributed by atoms with Gasteiger partial charge in [-0.3, -0.25) is 4.90 Å². The van der Waals surface area contributed by atoms with Crippen molar-refractivity contribution in [2.45, 2.75) is 26.8 Å². The topological polar surface area (TPSA) is 25.4 Å².